The number of alkyl halides is 10. The molecule has 0 heterocycles. The number of hydrogen-bond acceptors (Lipinski definition) is 0. The molecule has 0 saturated heterocycles. The van der Waals surface area contributed by atoms with Crippen molar-refractivity contribution in [1.29, 1.82) is 0 Å². The van der Waals surface area contributed by atoms with Crippen LogP contribution in [0, 0.1) is 0 Å². The summed E-state index contributed by atoms with van der Waals surface area (Å²) in [6.45, 7) is 0. The molecule has 0 aromatic carbocycles. The van der Waals surface area contributed by atoms with Crippen LogP contribution in [0.4, 0.5) is 48.3 Å². The molecule has 0 atom stereocenters. The van der Waals surface area contributed by atoms with Crippen LogP contribution >= 0.6 is 15.9 Å². The lowest BCUT2D eigenvalue weighted by Crippen LogP contribution is -2.52. The van der Waals surface area contributed by atoms with Gasteiger partial charge in [0.25, 0.3) is 0 Å². The Balaban J connectivity index is 5.83. The molecule has 0 aliphatic carbocycles. The van der Waals surface area contributed by atoms with Crippen LogP contribution in [-0.2, 0) is 0 Å². The number of halogens is 12. The Labute approximate surface area is 99.6 Å². The molecule has 0 bridgehead atoms. The Morgan fingerprint density at radius 2 is 1.06 bits per heavy atom. The van der Waals surface area contributed by atoms with Gasteiger partial charge in [0.15, 0.2) is 5.83 Å². The summed E-state index contributed by atoms with van der Waals surface area (Å²) in [4.78, 5) is 0. The third-order valence-corrected chi connectivity index (χ3v) is 2.27. The van der Waals surface area contributed by atoms with Gasteiger partial charge in [-0.05, 0) is 15.9 Å². The number of hydrogen-bond donors (Lipinski definition) is 0. The van der Waals surface area contributed by atoms with Crippen LogP contribution in [-0.4, -0.2) is 24.2 Å². The largest absolute Gasteiger partial charge is 0.460 e. The summed E-state index contributed by atoms with van der Waals surface area (Å²) in [5.41, 5.74) is 0. The predicted molar refractivity (Wildman–Crippen MR) is 39.1 cm³/mol. The van der Waals surface area contributed by atoms with Crippen molar-refractivity contribution in [3.8, 4) is 0 Å². The van der Waals surface area contributed by atoms with E-state index in [0.29, 0.717) is 0 Å². The third kappa shape index (κ3) is 2.88. The minimum atomic E-state index is -6.99. The van der Waals surface area contributed by atoms with E-state index < -0.39 is 34.5 Å². The molecule has 108 valence electrons. The zero-order valence-electron chi connectivity index (χ0n) is 7.54. The van der Waals surface area contributed by atoms with Gasteiger partial charge in [-0.15, -0.1) is 0 Å². The lowest BCUT2D eigenvalue weighted by Gasteiger charge is -2.27. The van der Waals surface area contributed by atoms with Crippen molar-refractivity contribution in [3.05, 3.63) is 10.3 Å². The summed E-state index contributed by atoms with van der Waals surface area (Å²) in [5.74, 6) is -17.6. The average Bonchev–Trinajstić information content (AvgIpc) is 2.11. The number of allylic oxidation sites excluding steroid dienone is 2. The van der Waals surface area contributed by atoms with E-state index in [-0.39, 0.29) is 0 Å². The third-order valence-electron chi connectivity index (χ3n) is 1.47. The molecule has 0 spiro atoms. The minimum Gasteiger partial charge on any atom is -0.204 e. The summed E-state index contributed by atoms with van der Waals surface area (Å²) in [6, 6.07) is 0. The van der Waals surface area contributed by atoms with Crippen molar-refractivity contribution < 1.29 is 48.3 Å². The van der Waals surface area contributed by atoms with Gasteiger partial charge in [-0.25, -0.2) is 4.39 Å². The summed E-state index contributed by atoms with van der Waals surface area (Å²) in [6.07, 6.45) is -12.8. The van der Waals surface area contributed by atoms with Crippen molar-refractivity contribution in [1.82, 2.24) is 0 Å². The molecule has 12 heteroatoms. The molecule has 0 unspecified atom stereocenters. The highest BCUT2D eigenvalue weighted by molar-refractivity contribution is 9.11. The van der Waals surface area contributed by atoms with Crippen molar-refractivity contribution in [3.63, 3.8) is 0 Å². The van der Waals surface area contributed by atoms with E-state index >= 15 is 0 Å². The van der Waals surface area contributed by atoms with Gasteiger partial charge in [0.2, 0.25) is 0 Å². The van der Waals surface area contributed by atoms with Gasteiger partial charge in [0.1, 0.15) is 4.48 Å². The van der Waals surface area contributed by atoms with Crippen LogP contribution in [0.5, 0.6) is 0 Å². The molecule has 0 aromatic rings. The van der Waals surface area contributed by atoms with E-state index in [2.05, 4.69) is 0 Å². The zero-order valence-corrected chi connectivity index (χ0v) is 9.12. The van der Waals surface area contributed by atoms with Crippen molar-refractivity contribution in [2.45, 2.75) is 24.2 Å². The quantitative estimate of drug-likeness (QED) is 0.611. The lowest BCUT2D eigenvalue weighted by molar-refractivity contribution is -0.348. The van der Waals surface area contributed by atoms with E-state index in [4.69, 9.17) is 0 Å². The first kappa shape index (κ1) is 17.4. The second-order valence-corrected chi connectivity index (χ2v) is 3.57. The second kappa shape index (κ2) is 4.53. The first-order chi connectivity index (χ1) is 7.57. The maximum Gasteiger partial charge on any atom is 0.460 e. The Kier molecular flexibility index (Phi) is 4.39. The fraction of sp³-hybridized carbons (Fsp3) is 0.667. The Morgan fingerprint density at radius 1 is 0.722 bits per heavy atom. The van der Waals surface area contributed by atoms with Gasteiger partial charge in [-0.3, -0.25) is 0 Å². The molecule has 0 rings (SSSR count). The maximum absolute atomic E-state index is 12.5. The van der Waals surface area contributed by atoms with Crippen LogP contribution < -0.4 is 0 Å². The fourth-order valence-electron chi connectivity index (χ4n) is 0.578. The van der Waals surface area contributed by atoms with Gasteiger partial charge in [-0.2, -0.15) is 43.9 Å². The minimum absolute atomic E-state index is 1.16. The highest BCUT2D eigenvalue weighted by atomic mass is 79.9. The van der Waals surface area contributed by atoms with E-state index in [9.17, 15) is 48.3 Å². The van der Waals surface area contributed by atoms with E-state index in [1.165, 1.54) is 0 Å². The molecule has 0 fully saturated rings. The lowest BCUT2D eigenvalue weighted by atomic mass is 10.1. The van der Waals surface area contributed by atoms with Gasteiger partial charge in [0, 0.05) is 0 Å². The summed E-state index contributed by atoms with van der Waals surface area (Å²) >= 11 is 1.16. The zero-order chi connectivity index (χ0) is 15.2. The van der Waals surface area contributed by atoms with Crippen molar-refractivity contribution in [2.24, 2.45) is 0 Å². The van der Waals surface area contributed by atoms with Gasteiger partial charge in [-0.1, -0.05) is 0 Å². The van der Waals surface area contributed by atoms with E-state index in [1.807, 2.05) is 0 Å². The molecule has 0 N–H and O–H groups in total. The molecule has 0 aliphatic heterocycles. The first-order valence-corrected chi connectivity index (χ1v) is 4.31. The molecule has 0 nitrogen and oxygen atoms in total. The highest BCUT2D eigenvalue weighted by Crippen LogP contribution is 2.52. The summed E-state index contributed by atoms with van der Waals surface area (Å²) in [7, 11) is 0. The second-order valence-electron chi connectivity index (χ2n) is 2.77. The SMILES string of the molecule is F/C(=C(/Br)C(F)(F)F)C(F)(F)C(F)(F)C(F)(F)F. The van der Waals surface area contributed by atoms with Gasteiger partial charge >= 0.3 is 24.2 Å². The molecule has 0 amide bonds. The fourth-order valence-corrected chi connectivity index (χ4v) is 0.827. The molecular weight excluding hydrogens is 361 g/mol. The Hall–Kier alpha value is -0.550. The smallest absolute Gasteiger partial charge is 0.204 e. The van der Waals surface area contributed by atoms with Gasteiger partial charge < -0.3 is 0 Å². The Morgan fingerprint density at radius 3 is 1.28 bits per heavy atom. The molecule has 0 saturated carbocycles. The van der Waals surface area contributed by atoms with E-state index in [0.717, 1.165) is 15.9 Å². The van der Waals surface area contributed by atoms with E-state index in [1.54, 1.807) is 0 Å². The highest BCUT2D eigenvalue weighted by Gasteiger charge is 2.75. The molecule has 0 radical (unpaired) electrons. The molecule has 18 heavy (non-hydrogen) atoms. The van der Waals surface area contributed by atoms with Crippen molar-refractivity contribution >= 4 is 15.9 Å². The molecule has 0 aliphatic rings. The maximum atomic E-state index is 12.5. The number of rotatable bonds is 2. The normalized spacial score (nSPS) is 16.7. The first-order valence-electron chi connectivity index (χ1n) is 3.52. The van der Waals surface area contributed by atoms with Crippen molar-refractivity contribution in [2.75, 3.05) is 0 Å². The molecular formula is C6BrF11. The average molecular weight is 361 g/mol. The van der Waals surface area contributed by atoms with Crippen LogP contribution in [0.25, 0.3) is 0 Å². The summed E-state index contributed by atoms with van der Waals surface area (Å²) in [5, 5.41) is 0. The Bertz CT molecular complexity index is 346. The topological polar surface area (TPSA) is 0 Å². The van der Waals surface area contributed by atoms with Crippen LogP contribution in [0.3, 0.4) is 0 Å². The standard InChI is InChI=1S/C6BrF11/c7-1(4(11,12)13)2(8)3(9,10)5(14,15)6(16,17)18/b2-1+. The predicted octanol–water partition coefficient (Wildman–Crippen LogP) is 4.96. The summed E-state index contributed by atoms with van der Waals surface area (Å²) < 4.78 is 128. The van der Waals surface area contributed by atoms with Gasteiger partial charge in [0.05, 0.1) is 0 Å². The molecule has 0 aromatic heterocycles. The monoisotopic (exact) mass is 360 g/mol. The van der Waals surface area contributed by atoms with Crippen LogP contribution in [0.1, 0.15) is 0 Å². The van der Waals surface area contributed by atoms with Crippen LogP contribution in [0.2, 0.25) is 0 Å². The van der Waals surface area contributed by atoms with Crippen LogP contribution in [0.15, 0.2) is 10.3 Å².